The highest BCUT2D eigenvalue weighted by Gasteiger charge is 2.41. The first-order valence-corrected chi connectivity index (χ1v) is 11.5. The molecule has 2 N–H and O–H groups in total. The Balaban J connectivity index is 2.36. The maximum absolute atomic E-state index is 12.1. The maximum Gasteiger partial charge on any atom is 0.378 e. The van der Waals surface area contributed by atoms with Crippen molar-refractivity contribution in [3.63, 3.8) is 0 Å². The predicted molar refractivity (Wildman–Crippen MR) is 113 cm³/mol. The molecule has 1 heterocycles. The molecule has 0 aromatic rings. The van der Waals surface area contributed by atoms with E-state index in [4.69, 9.17) is 14.2 Å². The molecule has 170 valence electrons. The van der Waals surface area contributed by atoms with E-state index < -0.39 is 24.8 Å². The summed E-state index contributed by atoms with van der Waals surface area (Å²) in [4.78, 5) is 12.1. The van der Waals surface area contributed by atoms with Crippen molar-refractivity contribution in [3.8, 4) is 0 Å². The highest BCUT2D eigenvalue weighted by atomic mass is 16.6. The summed E-state index contributed by atoms with van der Waals surface area (Å²) in [7, 11) is 0. The molecule has 1 aliphatic rings. The molecule has 0 spiro atoms. The first kappa shape index (κ1) is 25.8. The second-order valence-electron chi connectivity index (χ2n) is 8.33. The normalized spacial score (nSPS) is 17.7. The molecule has 2 atom stereocenters. The number of cyclic esters (lactones) is 1. The minimum absolute atomic E-state index is 0.0372. The Bertz CT molecular complexity index is 474. The van der Waals surface area contributed by atoms with Crippen LogP contribution in [0.4, 0.5) is 0 Å². The minimum Gasteiger partial charge on any atom is -0.490 e. The summed E-state index contributed by atoms with van der Waals surface area (Å²) in [6.07, 6.45) is 10.9. The highest BCUT2D eigenvalue weighted by molar-refractivity contribution is 5.89. The average Bonchev–Trinajstić information content (AvgIpc) is 3.01. The first-order chi connectivity index (χ1) is 14.0. The molecule has 0 aromatic heterocycles. The van der Waals surface area contributed by atoms with E-state index in [1.54, 1.807) is 0 Å². The smallest absolute Gasteiger partial charge is 0.378 e. The molecule has 0 amide bonds. The number of rotatable bonds is 18. The van der Waals surface area contributed by atoms with Crippen LogP contribution in [0, 0.1) is 5.92 Å². The zero-order valence-corrected chi connectivity index (χ0v) is 18.7. The number of hydrogen-bond donors (Lipinski definition) is 2. The number of unbranched alkanes of at least 4 members (excludes halogenated alkanes) is 9. The molecular formula is C23H42O6. The molecule has 0 aliphatic carbocycles. The molecule has 0 bridgehead atoms. The molecule has 29 heavy (non-hydrogen) atoms. The van der Waals surface area contributed by atoms with E-state index in [-0.39, 0.29) is 11.5 Å². The number of carbonyl (C=O) groups is 1. The second-order valence-corrected chi connectivity index (χ2v) is 8.33. The Hall–Kier alpha value is -1.27. The van der Waals surface area contributed by atoms with Gasteiger partial charge in [-0.2, -0.15) is 0 Å². The standard InChI is InChI=1S/C23H42O6/c1-4-5-6-7-8-9-10-11-12-13-15-27-21-20(19(25)17-24)29-23(26)22(21)28-16-14-18(2)3/h18-20,24-25H,4-17H2,1-3H3/t19-,20+/m0/s1. The second kappa shape index (κ2) is 15.6. The average molecular weight is 415 g/mol. The van der Waals surface area contributed by atoms with Gasteiger partial charge in [-0.05, 0) is 18.8 Å². The van der Waals surface area contributed by atoms with Crippen LogP contribution in [0.25, 0.3) is 0 Å². The molecule has 0 saturated heterocycles. The van der Waals surface area contributed by atoms with Crippen molar-refractivity contribution < 1.29 is 29.2 Å². The molecule has 1 rings (SSSR count). The molecule has 0 radical (unpaired) electrons. The van der Waals surface area contributed by atoms with Gasteiger partial charge >= 0.3 is 5.97 Å². The van der Waals surface area contributed by atoms with Crippen LogP contribution >= 0.6 is 0 Å². The number of esters is 1. The predicted octanol–water partition coefficient (Wildman–Crippen LogP) is 4.48. The molecule has 0 aromatic carbocycles. The van der Waals surface area contributed by atoms with Gasteiger partial charge in [0.05, 0.1) is 19.8 Å². The van der Waals surface area contributed by atoms with Gasteiger partial charge in [0.15, 0.2) is 11.9 Å². The van der Waals surface area contributed by atoms with Crippen molar-refractivity contribution >= 4 is 5.97 Å². The van der Waals surface area contributed by atoms with Crippen molar-refractivity contribution in [2.75, 3.05) is 19.8 Å². The van der Waals surface area contributed by atoms with Gasteiger partial charge in [-0.25, -0.2) is 4.79 Å². The lowest BCUT2D eigenvalue weighted by Crippen LogP contribution is -2.32. The lowest BCUT2D eigenvalue weighted by molar-refractivity contribution is -0.148. The summed E-state index contributed by atoms with van der Waals surface area (Å²) in [5.74, 6) is 0.0682. The third kappa shape index (κ3) is 10.4. The van der Waals surface area contributed by atoms with Gasteiger partial charge in [-0.3, -0.25) is 0 Å². The number of aliphatic hydroxyl groups is 2. The van der Waals surface area contributed by atoms with Crippen molar-refractivity contribution in [3.05, 3.63) is 11.5 Å². The van der Waals surface area contributed by atoms with Gasteiger partial charge in [-0.1, -0.05) is 78.6 Å². The lowest BCUT2D eigenvalue weighted by Gasteiger charge is -2.18. The SMILES string of the molecule is CCCCCCCCCCCCOC1=C(OCCC(C)C)C(=O)O[C@@H]1[C@@H](O)CO. The van der Waals surface area contributed by atoms with E-state index in [1.165, 1.54) is 51.4 Å². The van der Waals surface area contributed by atoms with Crippen molar-refractivity contribution in [1.82, 2.24) is 0 Å². The number of hydrogen-bond acceptors (Lipinski definition) is 6. The molecular weight excluding hydrogens is 372 g/mol. The fourth-order valence-corrected chi connectivity index (χ4v) is 3.25. The van der Waals surface area contributed by atoms with Crippen LogP contribution in [0.3, 0.4) is 0 Å². The highest BCUT2D eigenvalue weighted by Crippen LogP contribution is 2.28. The monoisotopic (exact) mass is 414 g/mol. The van der Waals surface area contributed by atoms with E-state index in [0.717, 1.165) is 19.3 Å². The summed E-state index contributed by atoms with van der Waals surface area (Å²) < 4.78 is 16.6. The zero-order valence-electron chi connectivity index (χ0n) is 18.7. The number of ether oxygens (including phenoxy) is 3. The summed E-state index contributed by atoms with van der Waals surface area (Å²) >= 11 is 0. The first-order valence-electron chi connectivity index (χ1n) is 11.5. The molecule has 1 aliphatic heterocycles. The van der Waals surface area contributed by atoms with E-state index in [2.05, 4.69) is 20.8 Å². The van der Waals surface area contributed by atoms with Crippen molar-refractivity contribution in [1.29, 1.82) is 0 Å². The zero-order chi connectivity index (χ0) is 21.5. The Morgan fingerprint density at radius 1 is 0.931 bits per heavy atom. The van der Waals surface area contributed by atoms with Crippen LogP contribution in [0.1, 0.15) is 91.4 Å². The topological polar surface area (TPSA) is 85.2 Å². The quantitative estimate of drug-likeness (QED) is 0.254. The van der Waals surface area contributed by atoms with Crippen molar-refractivity contribution in [2.45, 2.75) is 104 Å². The van der Waals surface area contributed by atoms with Gasteiger partial charge in [0, 0.05) is 0 Å². The van der Waals surface area contributed by atoms with Crippen LogP contribution in [-0.4, -0.2) is 48.2 Å². The fourth-order valence-electron chi connectivity index (χ4n) is 3.25. The van der Waals surface area contributed by atoms with Crippen LogP contribution in [0.2, 0.25) is 0 Å². The van der Waals surface area contributed by atoms with Crippen LogP contribution in [0.5, 0.6) is 0 Å². The van der Waals surface area contributed by atoms with Crippen molar-refractivity contribution in [2.24, 2.45) is 5.92 Å². The molecule has 6 nitrogen and oxygen atoms in total. The van der Waals surface area contributed by atoms with Gasteiger partial charge < -0.3 is 24.4 Å². The lowest BCUT2D eigenvalue weighted by atomic mass is 10.1. The third-order valence-electron chi connectivity index (χ3n) is 5.14. The van der Waals surface area contributed by atoms with Crippen LogP contribution in [-0.2, 0) is 19.0 Å². The Morgan fingerprint density at radius 3 is 2.07 bits per heavy atom. The third-order valence-corrected chi connectivity index (χ3v) is 5.14. The van der Waals surface area contributed by atoms with E-state index >= 15 is 0 Å². The molecule has 6 heteroatoms. The number of carbonyl (C=O) groups excluding carboxylic acids is 1. The molecule has 0 saturated carbocycles. The molecule has 0 fully saturated rings. The number of aliphatic hydroxyl groups excluding tert-OH is 2. The van der Waals surface area contributed by atoms with E-state index in [9.17, 15) is 15.0 Å². The fraction of sp³-hybridized carbons (Fsp3) is 0.870. The Labute approximate surface area is 176 Å². The van der Waals surface area contributed by atoms with Gasteiger partial charge in [0.1, 0.15) is 6.10 Å². The summed E-state index contributed by atoms with van der Waals surface area (Å²) in [6.45, 7) is 6.70. The summed E-state index contributed by atoms with van der Waals surface area (Å²) in [6, 6.07) is 0. The largest absolute Gasteiger partial charge is 0.490 e. The van der Waals surface area contributed by atoms with Crippen LogP contribution in [0.15, 0.2) is 11.5 Å². The summed E-state index contributed by atoms with van der Waals surface area (Å²) in [5.41, 5.74) is 0. The maximum atomic E-state index is 12.1. The van der Waals surface area contributed by atoms with Gasteiger partial charge in [0.2, 0.25) is 5.76 Å². The van der Waals surface area contributed by atoms with Gasteiger partial charge in [0.25, 0.3) is 0 Å². The minimum atomic E-state index is -1.21. The van der Waals surface area contributed by atoms with E-state index in [1.807, 2.05) is 0 Å². The Morgan fingerprint density at radius 2 is 1.52 bits per heavy atom. The summed E-state index contributed by atoms with van der Waals surface area (Å²) in [5, 5.41) is 19.2. The van der Waals surface area contributed by atoms with Crippen LogP contribution < -0.4 is 0 Å². The Kier molecular flexibility index (Phi) is 13.8. The molecule has 0 unspecified atom stereocenters. The van der Waals surface area contributed by atoms with E-state index in [0.29, 0.717) is 19.1 Å². The van der Waals surface area contributed by atoms with Gasteiger partial charge in [-0.15, -0.1) is 0 Å².